The second kappa shape index (κ2) is 12.0. The molecule has 1 aromatic rings. The Morgan fingerprint density at radius 2 is 1.73 bits per heavy atom. The molecule has 2 fully saturated rings. The number of ether oxygens (including phenoxy) is 3. The molecule has 2 saturated carbocycles. The number of hydrogen-bond donors (Lipinski definition) is 0. The molecule has 0 spiro atoms. The molecule has 1 aromatic carbocycles. The Labute approximate surface area is 227 Å². The van der Waals surface area contributed by atoms with Gasteiger partial charge >= 0.3 is 0 Å². The summed E-state index contributed by atoms with van der Waals surface area (Å²) in [6, 6.07) is 11.6. The van der Waals surface area contributed by atoms with Crippen LogP contribution in [0.4, 0.5) is 0 Å². The van der Waals surface area contributed by atoms with Gasteiger partial charge in [0.2, 0.25) is 0 Å². The summed E-state index contributed by atoms with van der Waals surface area (Å²) in [5.41, 5.74) is 1.37. The first-order valence-corrected chi connectivity index (χ1v) is 16.6. The van der Waals surface area contributed by atoms with Crippen molar-refractivity contribution in [2.75, 3.05) is 20.8 Å². The van der Waals surface area contributed by atoms with Crippen molar-refractivity contribution in [3.05, 3.63) is 66.8 Å². The van der Waals surface area contributed by atoms with Gasteiger partial charge in [0.15, 0.2) is 8.32 Å². The topological polar surface area (TPSA) is 36.9 Å². The molecule has 206 valence electrons. The first-order valence-electron chi connectivity index (χ1n) is 14.1. The minimum Gasteiger partial charge on any atom is -0.497 e. The third-order valence-electron chi connectivity index (χ3n) is 10.0. The number of allylic oxidation sites excluding steroid dienone is 1. The summed E-state index contributed by atoms with van der Waals surface area (Å²) < 4.78 is 25.0. The van der Waals surface area contributed by atoms with Crippen molar-refractivity contribution in [1.29, 1.82) is 0 Å². The monoisotopic (exact) mass is 526 g/mol. The fourth-order valence-corrected chi connectivity index (χ4v) is 9.89. The van der Waals surface area contributed by atoms with Crippen LogP contribution in [0.25, 0.3) is 0 Å². The molecule has 2 aliphatic rings. The van der Waals surface area contributed by atoms with Gasteiger partial charge in [-0.05, 0) is 72.5 Å². The van der Waals surface area contributed by atoms with E-state index >= 15 is 0 Å². The highest BCUT2D eigenvalue weighted by Gasteiger charge is 2.75. The Morgan fingerprint density at radius 1 is 1.08 bits per heavy atom. The Hall–Kier alpha value is -1.66. The highest BCUT2D eigenvalue weighted by Crippen LogP contribution is 2.72. The van der Waals surface area contributed by atoms with Crippen LogP contribution in [-0.2, 0) is 20.5 Å². The minimum absolute atomic E-state index is 0.00129. The maximum Gasteiger partial charge on any atom is 0.191 e. The van der Waals surface area contributed by atoms with Gasteiger partial charge in [0, 0.05) is 19.1 Å². The van der Waals surface area contributed by atoms with Crippen LogP contribution in [0.2, 0.25) is 18.1 Å². The van der Waals surface area contributed by atoms with Crippen LogP contribution in [-0.4, -0.2) is 40.8 Å². The second-order valence-corrected chi connectivity index (χ2v) is 16.2. The Balaban J connectivity index is 1.82. The summed E-state index contributed by atoms with van der Waals surface area (Å²) in [5, 5.41) is 0. The molecule has 4 atom stereocenters. The van der Waals surface area contributed by atoms with Crippen LogP contribution in [0.5, 0.6) is 5.75 Å². The molecule has 0 saturated heterocycles. The Kier molecular flexibility index (Phi) is 9.71. The van der Waals surface area contributed by atoms with Gasteiger partial charge < -0.3 is 18.6 Å². The van der Waals surface area contributed by atoms with E-state index in [2.05, 4.69) is 78.1 Å². The number of hydrogen-bond acceptors (Lipinski definition) is 4. The smallest absolute Gasteiger partial charge is 0.191 e. The van der Waals surface area contributed by atoms with Crippen LogP contribution in [0.15, 0.2) is 61.2 Å². The maximum absolute atomic E-state index is 6.75. The second-order valence-electron chi connectivity index (χ2n) is 11.5. The molecule has 2 unspecified atom stereocenters. The van der Waals surface area contributed by atoms with Crippen LogP contribution in [0.1, 0.15) is 59.4 Å². The molecule has 5 heteroatoms. The zero-order valence-corrected chi connectivity index (χ0v) is 25.4. The quantitative estimate of drug-likeness (QED) is 0.131. The van der Waals surface area contributed by atoms with Gasteiger partial charge in [-0.2, -0.15) is 0 Å². The summed E-state index contributed by atoms with van der Waals surface area (Å²) in [7, 11) is 1.92. The molecule has 3 rings (SSSR count). The number of fused-ring (bicyclic) bond motifs is 2. The standard InChI is InChI=1S/C32H50O4Si/c1-10-31-21-19-28(30(31,6)7)29(35-24-26-14-16-27(33-8)17-15-26)32(31,34-9)22-18-25(5)20-23-36-37(11-2,12-3)13-4/h10,14-18,22,28-29H,1,5,11-13,19-21,23-24H2,2-4,6-9H3/b22-18-/t28?,29-,31?,32-/m1/s1. The number of rotatable bonds is 15. The van der Waals surface area contributed by atoms with Crippen molar-refractivity contribution >= 4 is 8.32 Å². The zero-order valence-electron chi connectivity index (χ0n) is 24.4. The first kappa shape index (κ1) is 29.9. The lowest BCUT2D eigenvalue weighted by Crippen LogP contribution is -2.55. The van der Waals surface area contributed by atoms with E-state index in [1.165, 1.54) is 18.1 Å². The van der Waals surface area contributed by atoms with Gasteiger partial charge in [0.1, 0.15) is 11.4 Å². The normalized spacial score (nSPS) is 28.6. The summed E-state index contributed by atoms with van der Waals surface area (Å²) in [6.07, 6.45) is 9.44. The van der Waals surface area contributed by atoms with Gasteiger partial charge in [0.25, 0.3) is 0 Å². The average molecular weight is 527 g/mol. The molecule has 0 amide bonds. The fraction of sp³-hybridized carbons (Fsp3) is 0.625. The summed E-state index contributed by atoms with van der Waals surface area (Å²) in [6.45, 7) is 21.5. The van der Waals surface area contributed by atoms with Crippen molar-refractivity contribution in [2.45, 2.75) is 90.3 Å². The molecular formula is C32H50O4Si. The van der Waals surface area contributed by atoms with Gasteiger partial charge in [0.05, 0.1) is 19.8 Å². The van der Waals surface area contributed by atoms with E-state index in [0.29, 0.717) is 12.5 Å². The molecule has 0 radical (unpaired) electrons. The molecular weight excluding hydrogens is 476 g/mol. The van der Waals surface area contributed by atoms with E-state index in [9.17, 15) is 0 Å². The molecule has 37 heavy (non-hydrogen) atoms. The summed E-state index contributed by atoms with van der Waals surface area (Å²) in [5.74, 6) is 1.22. The van der Waals surface area contributed by atoms with E-state index < -0.39 is 13.9 Å². The molecule has 0 N–H and O–H groups in total. The molecule has 0 heterocycles. The van der Waals surface area contributed by atoms with E-state index in [-0.39, 0.29) is 16.9 Å². The van der Waals surface area contributed by atoms with Crippen LogP contribution in [0, 0.1) is 16.7 Å². The van der Waals surface area contributed by atoms with Crippen molar-refractivity contribution in [3.63, 3.8) is 0 Å². The van der Waals surface area contributed by atoms with Crippen molar-refractivity contribution in [2.24, 2.45) is 16.7 Å². The fourth-order valence-electron chi connectivity index (χ4n) is 7.24. The Morgan fingerprint density at radius 3 is 2.27 bits per heavy atom. The molecule has 0 aromatic heterocycles. The van der Waals surface area contributed by atoms with E-state index in [1.807, 2.05) is 19.2 Å². The third-order valence-corrected chi connectivity index (χ3v) is 14.7. The third kappa shape index (κ3) is 5.17. The predicted octanol–water partition coefficient (Wildman–Crippen LogP) is 8.11. The van der Waals surface area contributed by atoms with Crippen molar-refractivity contribution in [1.82, 2.24) is 0 Å². The van der Waals surface area contributed by atoms with E-state index in [0.717, 1.165) is 42.8 Å². The lowest BCUT2D eigenvalue weighted by Gasteiger charge is -2.48. The van der Waals surface area contributed by atoms with E-state index in [4.69, 9.17) is 18.6 Å². The average Bonchev–Trinajstić information content (AvgIpc) is 3.27. The predicted molar refractivity (Wildman–Crippen MR) is 156 cm³/mol. The molecule has 4 nitrogen and oxygen atoms in total. The Bertz CT molecular complexity index is 940. The van der Waals surface area contributed by atoms with Crippen LogP contribution >= 0.6 is 0 Å². The van der Waals surface area contributed by atoms with Gasteiger partial charge in [-0.1, -0.05) is 71.1 Å². The number of methoxy groups -OCH3 is 2. The lowest BCUT2D eigenvalue weighted by atomic mass is 9.62. The van der Waals surface area contributed by atoms with Crippen molar-refractivity contribution in [3.8, 4) is 5.75 Å². The zero-order chi connectivity index (χ0) is 27.3. The molecule has 2 bridgehead atoms. The summed E-state index contributed by atoms with van der Waals surface area (Å²) in [4.78, 5) is 0. The first-order chi connectivity index (χ1) is 17.6. The van der Waals surface area contributed by atoms with Gasteiger partial charge in [-0.15, -0.1) is 6.58 Å². The molecule has 0 aliphatic heterocycles. The maximum atomic E-state index is 6.75. The van der Waals surface area contributed by atoms with Gasteiger partial charge in [-0.25, -0.2) is 0 Å². The minimum atomic E-state index is -1.59. The highest BCUT2D eigenvalue weighted by molar-refractivity contribution is 6.73. The highest BCUT2D eigenvalue weighted by atomic mass is 28.4. The number of benzene rings is 1. The SMILES string of the molecule is C=CC12CCC([C@@H](OCc3ccc(OC)cc3)[C@@]1(/C=C\C(=C)CCO[Si](CC)(CC)CC)OC)C2(C)C. The van der Waals surface area contributed by atoms with E-state index in [1.54, 1.807) is 7.11 Å². The summed E-state index contributed by atoms with van der Waals surface area (Å²) >= 11 is 0. The lowest BCUT2D eigenvalue weighted by molar-refractivity contribution is -0.152. The van der Waals surface area contributed by atoms with Crippen molar-refractivity contribution < 1.29 is 18.6 Å². The van der Waals surface area contributed by atoms with Gasteiger partial charge in [-0.3, -0.25) is 0 Å². The molecule has 2 aliphatic carbocycles. The largest absolute Gasteiger partial charge is 0.497 e. The van der Waals surface area contributed by atoms with Crippen LogP contribution in [0.3, 0.4) is 0 Å². The van der Waals surface area contributed by atoms with Crippen LogP contribution < -0.4 is 4.74 Å².